The molecule has 2 aromatic carbocycles. The van der Waals surface area contributed by atoms with Crippen LogP contribution < -0.4 is 10.6 Å². The van der Waals surface area contributed by atoms with Gasteiger partial charge in [0.05, 0.1) is 91.6 Å². The third kappa shape index (κ3) is 27.4. The molecule has 1 unspecified atom stereocenters. The number of carbonyl (C=O) groups is 4. The highest BCUT2D eigenvalue weighted by Gasteiger charge is 2.18. The lowest BCUT2D eigenvalue weighted by atomic mass is 10.0. The molecule has 0 radical (unpaired) electrons. The lowest BCUT2D eigenvalue weighted by Gasteiger charge is -2.13. The molecule has 3 N–H and O–H groups in total. The number of carbonyl (C=O) groups excluding carboxylic acids is 3. The van der Waals surface area contributed by atoms with Gasteiger partial charge in [0.25, 0.3) is 0 Å². The van der Waals surface area contributed by atoms with E-state index < -0.39 is 11.9 Å². The Bertz CT molecular complexity index is 1260. The largest absolute Gasteiger partial charge is 0.481 e. The Morgan fingerprint density at radius 3 is 1.50 bits per heavy atom. The zero-order valence-corrected chi connectivity index (χ0v) is 32.6. The molecule has 2 amide bonds. The van der Waals surface area contributed by atoms with Crippen LogP contribution in [0.2, 0.25) is 0 Å². The van der Waals surface area contributed by atoms with E-state index in [1.54, 1.807) is 21.6 Å². The van der Waals surface area contributed by atoms with Crippen LogP contribution in [-0.4, -0.2) is 133 Å². The van der Waals surface area contributed by atoms with Gasteiger partial charge in [0.15, 0.2) is 0 Å². The number of hydrogen-bond acceptors (Lipinski definition) is 13. The maximum Gasteiger partial charge on any atom is 0.309 e. The molecule has 0 heterocycles. The highest BCUT2D eigenvalue weighted by molar-refractivity contribution is 8.76. The Morgan fingerprint density at radius 2 is 1.00 bits per heavy atom. The number of amides is 2. The number of hydrogen-bond donors (Lipinski definition) is 3. The van der Waals surface area contributed by atoms with E-state index in [1.165, 1.54) is 0 Å². The second kappa shape index (κ2) is 33.1. The van der Waals surface area contributed by atoms with Crippen molar-refractivity contribution in [1.82, 2.24) is 10.6 Å². The molecule has 16 heteroatoms. The summed E-state index contributed by atoms with van der Waals surface area (Å²) in [6.45, 7) is 5.16. The van der Waals surface area contributed by atoms with Gasteiger partial charge in [-0.1, -0.05) is 82.3 Å². The summed E-state index contributed by atoms with van der Waals surface area (Å²) in [6.07, 6.45) is 1.36. The average molecular weight is 797 g/mol. The van der Waals surface area contributed by atoms with Crippen LogP contribution in [0.25, 0.3) is 0 Å². The summed E-state index contributed by atoms with van der Waals surface area (Å²) in [5, 5.41) is 15.0. The summed E-state index contributed by atoms with van der Waals surface area (Å²) < 4.78 is 37.9. The van der Waals surface area contributed by atoms with Gasteiger partial charge >= 0.3 is 11.9 Å². The summed E-state index contributed by atoms with van der Waals surface area (Å²) in [7, 11) is 3.11. The van der Waals surface area contributed by atoms with Gasteiger partial charge in [0, 0.05) is 37.4 Å². The first-order chi connectivity index (χ1) is 26.4. The summed E-state index contributed by atoms with van der Waals surface area (Å²) in [4.78, 5) is 47.2. The molecule has 14 nitrogen and oxygen atoms in total. The van der Waals surface area contributed by atoms with Crippen molar-refractivity contribution in [3.8, 4) is 0 Å². The zero-order chi connectivity index (χ0) is 38.7. The molecular formula is C38H56N2O12S2. The van der Waals surface area contributed by atoms with E-state index in [1.807, 2.05) is 60.7 Å². The van der Waals surface area contributed by atoms with Gasteiger partial charge in [-0.2, -0.15) is 0 Å². The van der Waals surface area contributed by atoms with Crippen LogP contribution >= 0.6 is 21.6 Å². The number of esters is 1. The summed E-state index contributed by atoms with van der Waals surface area (Å²) in [5.74, 6) is -0.629. The lowest BCUT2D eigenvalue weighted by Crippen LogP contribution is -2.28. The topological polar surface area (TPSA) is 177 Å². The minimum absolute atomic E-state index is 0.0519. The molecule has 302 valence electrons. The van der Waals surface area contributed by atoms with E-state index in [0.717, 1.165) is 11.1 Å². The minimum atomic E-state index is -0.886. The first-order valence-corrected chi connectivity index (χ1v) is 20.6. The summed E-state index contributed by atoms with van der Waals surface area (Å²) in [5.41, 5.74) is 1.90. The summed E-state index contributed by atoms with van der Waals surface area (Å²) in [6, 6.07) is 19.0. The molecule has 2 rings (SSSR count). The van der Waals surface area contributed by atoms with Crippen LogP contribution in [0, 0.1) is 5.92 Å². The number of benzene rings is 2. The van der Waals surface area contributed by atoms with E-state index in [-0.39, 0.29) is 44.0 Å². The molecule has 0 aliphatic rings. The van der Waals surface area contributed by atoms with E-state index in [0.29, 0.717) is 110 Å². The molecule has 1 atom stereocenters. The first-order valence-electron chi connectivity index (χ1n) is 18.1. The Hall–Kier alpha value is -3.22. The normalized spacial score (nSPS) is 11.6. The fourth-order valence-corrected chi connectivity index (χ4v) is 6.36. The van der Waals surface area contributed by atoms with Crippen molar-refractivity contribution < 1.29 is 57.4 Å². The predicted molar refractivity (Wildman–Crippen MR) is 207 cm³/mol. The molecule has 0 fully saturated rings. The number of aliphatic carboxylic acids is 1. The molecule has 0 aromatic heterocycles. The first kappa shape index (κ1) is 46.9. The van der Waals surface area contributed by atoms with Gasteiger partial charge < -0.3 is 48.9 Å². The van der Waals surface area contributed by atoms with Gasteiger partial charge in [-0.15, -0.1) is 0 Å². The maximum atomic E-state index is 12.0. The van der Waals surface area contributed by atoms with Crippen molar-refractivity contribution in [3.05, 3.63) is 71.8 Å². The Morgan fingerprint density at radius 1 is 0.556 bits per heavy atom. The standard InChI is InChI=1S/C38H56N2O12S2/c41-35(39-14-17-47-20-23-49-22-19-46-16-11-37(43)52-30-33-9-5-2-6-10-33)12-27-53-54-28-13-36(42)40-15-18-48-21-24-50-25-26-51-31-34(38(44)45)29-32-7-3-1-4-8-32/h1-10,34H,11-31H2,(H,39,41)(H,40,42)(H,44,45). The second-order valence-corrected chi connectivity index (χ2v) is 14.3. The number of ether oxygens (including phenoxy) is 7. The van der Waals surface area contributed by atoms with Gasteiger partial charge in [-0.25, -0.2) is 0 Å². The maximum absolute atomic E-state index is 12.0. The van der Waals surface area contributed by atoms with Crippen LogP contribution in [0.3, 0.4) is 0 Å². The predicted octanol–water partition coefficient (Wildman–Crippen LogP) is 3.56. The average Bonchev–Trinajstić information content (AvgIpc) is 3.18. The van der Waals surface area contributed by atoms with Gasteiger partial charge in [0.2, 0.25) is 11.8 Å². The summed E-state index contributed by atoms with van der Waals surface area (Å²) >= 11 is 0. The van der Waals surface area contributed by atoms with Crippen LogP contribution in [0.4, 0.5) is 0 Å². The number of carboxylic acids is 1. The van der Waals surface area contributed by atoms with Crippen molar-refractivity contribution in [1.29, 1.82) is 0 Å². The van der Waals surface area contributed by atoms with Crippen LogP contribution in [-0.2, 0) is 65.4 Å². The number of rotatable bonds is 35. The van der Waals surface area contributed by atoms with E-state index in [2.05, 4.69) is 10.6 Å². The zero-order valence-electron chi connectivity index (χ0n) is 31.0. The molecule has 54 heavy (non-hydrogen) atoms. The van der Waals surface area contributed by atoms with Crippen LogP contribution in [0.15, 0.2) is 60.7 Å². The fraction of sp³-hybridized carbons (Fsp3) is 0.579. The quantitative estimate of drug-likeness (QED) is 0.0524. The highest BCUT2D eigenvalue weighted by atomic mass is 33.1. The van der Waals surface area contributed by atoms with Crippen molar-refractivity contribution >= 4 is 45.3 Å². The molecule has 0 saturated heterocycles. The van der Waals surface area contributed by atoms with E-state index in [9.17, 15) is 24.3 Å². The Kier molecular flexibility index (Phi) is 28.8. The molecule has 2 aromatic rings. The number of nitrogens with one attached hydrogen (secondary N) is 2. The Labute approximate surface area is 326 Å². The van der Waals surface area contributed by atoms with Crippen molar-refractivity contribution in [3.63, 3.8) is 0 Å². The fourth-order valence-electron chi connectivity index (χ4n) is 4.38. The van der Waals surface area contributed by atoms with Gasteiger partial charge in [0.1, 0.15) is 6.61 Å². The third-order valence-electron chi connectivity index (χ3n) is 7.22. The lowest BCUT2D eigenvalue weighted by molar-refractivity contribution is -0.146. The molecule has 0 aliphatic heterocycles. The highest BCUT2D eigenvalue weighted by Crippen LogP contribution is 2.22. The smallest absolute Gasteiger partial charge is 0.309 e. The third-order valence-corrected chi connectivity index (χ3v) is 9.63. The molecule has 0 bridgehead atoms. The minimum Gasteiger partial charge on any atom is -0.481 e. The molecular weight excluding hydrogens is 741 g/mol. The van der Waals surface area contributed by atoms with E-state index >= 15 is 0 Å². The Balaban J connectivity index is 1.25. The van der Waals surface area contributed by atoms with Gasteiger partial charge in [-0.05, 0) is 17.5 Å². The SMILES string of the molecule is O=C(CCSSCCC(=O)NCCOCCOCCOCC(Cc1ccccc1)C(=O)O)NCCOCCOCCOCCC(=O)OCc1ccccc1. The molecule has 0 saturated carbocycles. The van der Waals surface area contributed by atoms with Crippen molar-refractivity contribution in [2.75, 3.05) is 104 Å². The molecule has 0 aliphatic carbocycles. The van der Waals surface area contributed by atoms with Gasteiger partial charge in [-0.3, -0.25) is 19.2 Å². The van der Waals surface area contributed by atoms with Crippen LogP contribution in [0.1, 0.15) is 30.4 Å². The van der Waals surface area contributed by atoms with E-state index in [4.69, 9.17) is 33.2 Å². The monoisotopic (exact) mass is 796 g/mol. The number of carboxylic acid groups (broad SMARTS) is 1. The molecule has 0 spiro atoms. The second-order valence-electron chi connectivity index (χ2n) is 11.6. The van der Waals surface area contributed by atoms with Crippen LogP contribution in [0.5, 0.6) is 0 Å². The van der Waals surface area contributed by atoms with Crippen molar-refractivity contribution in [2.45, 2.75) is 32.3 Å². The van der Waals surface area contributed by atoms with Crippen molar-refractivity contribution in [2.24, 2.45) is 5.92 Å².